The Morgan fingerprint density at radius 2 is 2.11 bits per heavy atom. The van der Waals surface area contributed by atoms with Crippen LogP contribution in [0.15, 0.2) is 30.3 Å². The van der Waals surface area contributed by atoms with Gasteiger partial charge in [0.2, 0.25) is 5.91 Å². The van der Waals surface area contributed by atoms with Crippen molar-refractivity contribution in [3.05, 3.63) is 41.6 Å². The predicted molar refractivity (Wildman–Crippen MR) is 75.4 cm³/mol. The number of aromatic nitrogens is 1. The Kier molecular flexibility index (Phi) is 3.51. The molecule has 3 nitrogen and oxygen atoms in total. The molecular weight excluding hydrogens is 224 g/mol. The van der Waals surface area contributed by atoms with E-state index in [9.17, 15) is 4.79 Å². The van der Waals surface area contributed by atoms with Crippen LogP contribution in [0.25, 0.3) is 17.0 Å². The molecule has 2 aromatic rings. The number of fused-ring (bicyclic) bond motifs is 1. The molecule has 0 aliphatic rings. The first-order chi connectivity index (χ1) is 8.61. The van der Waals surface area contributed by atoms with Crippen molar-refractivity contribution in [3.8, 4) is 0 Å². The number of benzene rings is 1. The van der Waals surface area contributed by atoms with Crippen molar-refractivity contribution in [2.45, 2.75) is 13.8 Å². The van der Waals surface area contributed by atoms with Gasteiger partial charge in [-0.15, -0.1) is 0 Å². The van der Waals surface area contributed by atoms with Gasteiger partial charge >= 0.3 is 0 Å². The topological polar surface area (TPSA) is 34.0 Å². The van der Waals surface area contributed by atoms with Gasteiger partial charge in [-0.3, -0.25) is 4.79 Å². The van der Waals surface area contributed by atoms with Gasteiger partial charge in [-0.2, -0.15) is 0 Å². The molecule has 0 aliphatic heterocycles. The molecule has 1 heterocycles. The first kappa shape index (κ1) is 12.4. The van der Waals surface area contributed by atoms with E-state index in [4.69, 9.17) is 0 Å². The smallest absolute Gasteiger partial charge is 0.217 e. The number of aryl methyl sites for hydroxylation is 1. The normalized spacial score (nSPS) is 11.3. The van der Waals surface area contributed by atoms with E-state index in [1.54, 1.807) is 0 Å². The molecule has 0 fully saturated rings. The second kappa shape index (κ2) is 5.08. The monoisotopic (exact) mass is 242 g/mol. The lowest BCUT2D eigenvalue weighted by molar-refractivity contribution is -0.118. The number of carbonyl (C=O) groups is 1. The molecule has 1 aromatic heterocycles. The van der Waals surface area contributed by atoms with Crippen LogP contribution >= 0.6 is 0 Å². The minimum Gasteiger partial charge on any atom is -0.353 e. The van der Waals surface area contributed by atoms with Gasteiger partial charge in [0.25, 0.3) is 0 Å². The fourth-order valence-electron chi connectivity index (χ4n) is 2.14. The number of hydrogen-bond donors (Lipinski definition) is 1. The summed E-state index contributed by atoms with van der Waals surface area (Å²) >= 11 is 0. The number of para-hydroxylation sites is 1. The molecule has 2 rings (SSSR count). The largest absolute Gasteiger partial charge is 0.353 e. The van der Waals surface area contributed by atoms with Crippen LogP contribution in [0.1, 0.15) is 18.2 Å². The number of amides is 1. The Morgan fingerprint density at radius 3 is 2.83 bits per heavy atom. The highest BCUT2D eigenvalue weighted by Gasteiger charge is 2.07. The Labute approximate surface area is 107 Å². The third kappa shape index (κ3) is 2.30. The van der Waals surface area contributed by atoms with Crippen molar-refractivity contribution < 1.29 is 4.79 Å². The van der Waals surface area contributed by atoms with Crippen molar-refractivity contribution in [3.63, 3.8) is 0 Å². The van der Waals surface area contributed by atoms with Crippen LogP contribution in [-0.2, 0) is 11.8 Å². The minimum atomic E-state index is -0.00529. The number of rotatable bonds is 3. The zero-order chi connectivity index (χ0) is 13.1. The summed E-state index contributed by atoms with van der Waals surface area (Å²) in [4.78, 5) is 10.8. The quantitative estimate of drug-likeness (QED) is 0.882. The van der Waals surface area contributed by atoms with Crippen molar-refractivity contribution in [2.75, 3.05) is 6.54 Å². The van der Waals surface area contributed by atoms with Gasteiger partial charge in [0.05, 0.1) is 0 Å². The summed E-state index contributed by atoms with van der Waals surface area (Å²) in [6.07, 6.45) is 4.06. The van der Waals surface area contributed by atoms with E-state index in [-0.39, 0.29) is 5.91 Å². The summed E-state index contributed by atoms with van der Waals surface area (Å²) in [5.41, 5.74) is 3.68. The Hall–Kier alpha value is -2.03. The van der Waals surface area contributed by atoms with Crippen molar-refractivity contribution >= 4 is 22.9 Å². The summed E-state index contributed by atoms with van der Waals surface area (Å²) in [6, 6.07) is 8.34. The molecule has 0 saturated heterocycles. The molecular formula is C15H18N2O. The van der Waals surface area contributed by atoms with Crippen LogP contribution in [-0.4, -0.2) is 17.0 Å². The minimum absolute atomic E-state index is 0.00529. The summed E-state index contributed by atoms with van der Waals surface area (Å²) in [7, 11) is 2.07. The van der Waals surface area contributed by atoms with Gasteiger partial charge in [0.15, 0.2) is 0 Å². The average molecular weight is 242 g/mol. The predicted octanol–water partition coefficient (Wildman–Crippen LogP) is 2.64. The first-order valence-electron chi connectivity index (χ1n) is 6.06. The maximum atomic E-state index is 10.8. The summed E-state index contributed by atoms with van der Waals surface area (Å²) in [6.45, 7) is 4.20. The van der Waals surface area contributed by atoms with Gasteiger partial charge < -0.3 is 9.88 Å². The molecule has 1 N–H and O–H groups in total. The Bertz CT molecular complexity index is 608. The van der Waals surface area contributed by atoms with E-state index in [1.807, 2.05) is 18.2 Å². The molecule has 94 valence electrons. The lowest BCUT2D eigenvalue weighted by Gasteiger charge is -1.98. The molecule has 18 heavy (non-hydrogen) atoms. The molecule has 0 spiro atoms. The second-order valence-electron chi connectivity index (χ2n) is 4.41. The molecule has 0 unspecified atom stereocenters. The van der Waals surface area contributed by atoms with Crippen LogP contribution < -0.4 is 5.32 Å². The van der Waals surface area contributed by atoms with E-state index in [0.29, 0.717) is 6.54 Å². The number of nitrogens with one attached hydrogen (secondary N) is 1. The number of nitrogens with zero attached hydrogens (tertiary/aromatic N) is 1. The molecule has 1 amide bonds. The maximum absolute atomic E-state index is 10.8. The zero-order valence-electron chi connectivity index (χ0n) is 11.0. The van der Waals surface area contributed by atoms with E-state index in [2.05, 4.69) is 42.1 Å². The standard InChI is InChI=1S/C15H18N2O/c1-11-13(8-6-10-16-12(2)18)14-7-4-5-9-15(14)17(11)3/h4-9H,10H2,1-3H3,(H,16,18). The van der Waals surface area contributed by atoms with E-state index in [1.165, 1.54) is 29.1 Å². The van der Waals surface area contributed by atoms with E-state index < -0.39 is 0 Å². The maximum Gasteiger partial charge on any atom is 0.217 e. The van der Waals surface area contributed by atoms with E-state index in [0.717, 1.165) is 0 Å². The SMILES string of the molecule is CC(=O)NCC=Cc1c(C)n(C)c2ccccc12. The molecule has 0 atom stereocenters. The van der Waals surface area contributed by atoms with Crippen LogP contribution in [0.3, 0.4) is 0 Å². The van der Waals surface area contributed by atoms with Crippen molar-refractivity contribution in [1.82, 2.24) is 9.88 Å². The van der Waals surface area contributed by atoms with Crippen molar-refractivity contribution in [2.24, 2.45) is 7.05 Å². The summed E-state index contributed by atoms with van der Waals surface area (Å²) in [5, 5.41) is 4.00. The van der Waals surface area contributed by atoms with Gasteiger partial charge in [0.1, 0.15) is 0 Å². The molecule has 0 saturated carbocycles. The first-order valence-corrected chi connectivity index (χ1v) is 6.06. The molecule has 0 radical (unpaired) electrons. The highest BCUT2D eigenvalue weighted by atomic mass is 16.1. The Morgan fingerprint density at radius 1 is 1.39 bits per heavy atom. The summed E-state index contributed by atoms with van der Waals surface area (Å²) in [5.74, 6) is -0.00529. The number of carbonyl (C=O) groups excluding carboxylic acids is 1. The van der Waals surface area contributed by atoms with Crippen molar-refractivity contribution in [1.29, 1.82) is 0 Å². The second-order valence-corrected chi connectivity index (χ2v) is 4.41. The molecule has 3 heteroatoms. The fraction of sp³-hybridized carbons (Fsp3) is 0.267. The van der Waals surface area contributed by atoms with Gasteiger partial charge in [0, 0.05) is 42.7 Å². The van der Waals surface area contributed by atoms with Crippen LogP contribution in [0.2, 0.25) is 0 Å². The third-order valence-electron chi connectivity index (χ3n) is 3.20. The van der Waals surface area contributed by atoms with Gasteiger partial charge in [-0.25, -0.2) is 0 Å². The highest BCUT2D eigenvalue weighted by molar-refractivity contribution is 5.91. The van der Waals surface area contributed by atoms with Gasteiger partial charge in [-0.1, -0.05) is 30.4 Å². The average Bonchev–Trinajstić information content (AvgIpc) is 2.59. The van der Waals surface area contributed by atoms with Crippen LogP contribution in [0, 0.1) is 6.92 Å². The fourth-order valence-corrected chi connectivity index (χ4v) is 2.14. The summed E-state index contributed by atoms with van der Waals surface area (Å²) < 4.78 is 2.19. The van der Waals surface area contributed by atoms with E-state index >= 15 is 0 Å². The van der Waals surface area contributed by atoms with Crippen LogP contribution in [0.4, 0.5) is 0 Å². The lowest BCUT2D eigenvalue weighted by Crippen LogP contribution is -2.19. The Balaban J connectivity index is 2.33. The zero-order valence-corrected chi connectivity index (χ0v) is 11.0. The lowest BCUT2D eigenvalue weighted by atomic mass is 10.1. The third-order valence-corrected chi connectivity index (χ3v) is 3.20. The molecule has 1 aromatic carbocycles. The van der Waals surface area contributed by atoms with Crippen LogP contribution in [0.5, 0.6) is 0 Å². The molecule has 0 bridgehead atoms. The molecule has 0 aliphatic carbocycles. The van der Waals surface area contributed by atoms with Gasteiger partial charge in [-0.05, 0) is 13.0 Å². The number of hydrogen-bond acceptors (Lipinski definition) is 1. The highest BCUT2D eigenvalue weighted by Crippen LogP contribution is 2.25.